The molecule has 0 bridgehead atoms. The number of hydrogen-bond donors (Lipinski definition) is 1. The van der Waals surface area contributed by atoms with Gasteiger partial charge in [-0.2, -0.15) is 0 Å². The van der Waals surface area contributed by atoms with E-state index < -0.39 is 0 Å². The molecule has 1 aliphatic rings. The van der Waals surface area contributed by atoms with Crippen molar-refractivity contribution in [3.63, 3.8) is 0 Å². The highest BCUT2D eigenvalue weighted by Crippen LogP contribution is 2.20. The lowest BCUT2D eigenvalue weighted by Crippen LogP contribution is -2.36. The molecule has 1 fully saturated rings. The number of amides is 1. The predicted octanol–water partition coefficient (Wildman–Crippen LogP) is 4.62. The van der Waals surface area contributed by atoms with E-state index in [1.165, 1.54) is 43.9 Å². The van der Waals surface area contributed by atoms with Gasteiger partial charge in [-0.1, -0.05) is 55.5 Å². The molecule has 1 heterocycles. The van der Waals surface area contributed by atoms with E-state index in [2.05, 4.69) is 15.5 Å². The molecule has 0 atom stereocenters. The van der Waals surface area contributed by atoms with E-state index in [9.17, 15) is 4.79 Å². The number of carbonyl (C=O) groups excluding carboxylic acids is 1. The summed E-state index contributed by atoms with van der Waals surface area (Å²) in [6.45, 7) is 0.170. The van der Waals surface area contributed by atoms with Gasteiger partial charge in [0.25, 0.3) is 11.1 Å². The topological polar surface area (TPSA) is 77.2 Å². The third kappa shape index (κ3) is 7.07. The molecule has 0 saturated heterocycles. The van der Waals surface area contributed by atoms with Crippen LogP contribution in [0.25, 0.3) is 0 Å². The van der Waals surface area contributed by atoms with Gasteiger partial charge in [0.1, 0.15) is 5.75 Å². The van der Waals surface area contributed by atoms with Crippen molar-refractivity contribution in [1.29, 1.82) is 0 Å². The molecule has 1 aromatic carbocycles. The first kappa shape index (κ1) is 20.0. The molecule has 1 N–H and O–H groups in total. The molecular weight excluding hydrogens is 386 g/mol. The van der Waals surface area contributed by atoms with E-state index >= 15 is 0 Å². The Morgan fingerprint density at radius 1 is 1.15 bits per heavy atom. The molecule has 27 heavy (non-hydrogen) atoms. The van der Waals surface area contributed by atoms with Gasteiger partial charge in [-0.15, -0.1) is 10.2 Å². The van der Waals surface area contributed by atoms with Gasteiger partial charge in [0.15, 0.2) is 6.61 Å². The molecule has 1 aromatic heterocycles. The summed E-state index contributed by atoms with van der Waals surface area (Å²) >= 11 is 7.08. The van der Waals surface area contributed by atoms with E-state index in [1.54, 1.807) is 24.3 Å². The third-order valence-electron chi connectivity index (χ3n) is 4.42. The molecule has 8 heteroatoms. The van der Waals surface area contributed by atoms with Crippen LogP contribution in [0.15, 0.2) is 33.9 Å². The Kier molecular flexibility index (Phi) is 7.83. The summed E-state index contributed by atoms with van der Waals surface area (Å²) < 4.78 is 11.1. The van der Waals surface area contributed by atoms with Crippen LogP contribution in [0.4, 0.5) is 0 Å². The van der Waals surface area contributed by atoms with Crippen LogP contribution in [-0.4, -0.2) is 27.9 Å². The first-order valence-corrected chi connectivity index (χ1v) is 10.7. The molecule has 6 nitrogen and oxygen atoms in total. The van der Waals surface area contributed by atoms with Crippen LogP contribution in [0.3, 0.4) is 0 Å². The van der Waals surface area contributed by atoms with E-state index in [-0.39, 0.29) is 18.3 Å². The summed E-state index contributed by atoms with van der Waals surface area (Å²) in [4.78, 5) is 12.2. The zero-order valence-electron chi connectivity index (χ0n) is 15.2. The lowest BCUT2D eigenvalue weighted by atomic mass is 9.97. The summed E-state index contributed by atoms with van der Waals surface area (Å²) in [6.07, 6.45) is 8.38. The maximum absolute atomic E-state index is 12.2. The molecule has 2 aromatic rings. The van der Waals surface area contributed by atoms with Crippen molar-refractivity contribution >= 4 is 29.3 Å². The highest BCUT2D eigenvalue weighted by Gasteiger charge is 2.15. The van der Waals surface area contributed by atoms with E-state index in [4.69, 9.17) is 20.8 Å². The average molecular weight is 410 g/mol. The lowest BCUT2D eigenvalue weighted by Gasteiger charge is -2.20. The Labute approximate surface area is 168 Å². The maximum Gasteiger partial charge on any atom is 0.277 e. The number of ether oxygens (including phenoxy) is 1. The number of aromatic nitrogens is 2. The second kappa shape index (κ2) is 10.6. The van der Waals surface area contributed by atoms with Gasteiger partial charge in [0.2, 0.25) is 5.91 Å². The number of carbonyl (C=O) groups is 1. The predicted molar refractivity (Wildman–Crippen MR) is 105 cm³/mol. The van der Waals surface area contributed by atoms with Crippen LogP contribution < -0.4 is 10.1 Å². The first-order chi connectivity index (χ1) is 13.2. The van der Waals surface area contributed by atoms with E-state index in [0.717, 1.165) is 12.8 Å². The zero-order chi connectivity index (χ0) is 18.9. The molecular formula is C19H24ClN3O3S. The number of thioether (sulfide) groups is 1. The van der Waals surface area contributed by atoms with Gasteiger partial charge in [-0.05, 0) is 37.1 Å². The summed E-state index contributed by atoms with van der Waals surface area (Å²) in [5, 5.41) is 12.1. The number of hydrogen-bond acceptors (Lipinski definition) is 6. The fraction of sp³-hybridized carbons (Fsp3) is 0.526. The SMILES string of the molecule is O=C(CSc1nnc(COc2ccc(Cl)cc2)o1)NC1CCCCCCC1. The summed E-state index contributed by atoms with van der Waals surface area (Å²) in [5.74, 6) is 1.33. The fourth-order valence-corrected chi connectivity index (χ4v) is 3.75. The van der Waals surface area contributed by atoms with E-state index in [1.807, 2.05) is 0 Å². The second-order valence-corrected chi connectivity index (χ2v) is 7.97. The molecule has 1 aliphatic carbocycles. The molecule has 0 unspecified atom stereocenters. The number of nitrogens with zero attached hydrogens (tertiary/aromatic N) is 2. The maximum atomic E-state index is 12.2. The minimum Gasteiger partial charge on any atom is -0.484 e. The van der Waals surface area contributed by atoms with Crippen LogP contribution in [0.2, 0.25) is 5.02 Å². The monoisotopic (exact) mass is 409 g/mol. The van der Waals surface area contributed by atoms with Crippen molar-refractivity contribution in [3.05, 3.63) is 35.2 Å². The van der Waals surface area contributed by atoms with Gasteiger partial charge in [0.05, 0.1) is 5.75 Å². The minimum atomic E-state index is 0.0164. The van der Waals surface area contributed by atoms with Crippen molar-refractivity contribution < 1.29 is 13.9 Å². The average Bonchev–Trinajstić information content (AvgIpc) is 3.10. The van der Waals surface area contributed by atoms with Gasteiger partial charge in [0, 0.05) is 11.1 Å². The number of halogens is 1. The minimum absolute atomic E-state index is 0.0164. The van der Waals surface area contributed by atoms with Gasteiger partial charge in [-0.25, -0.2) is 0 Å². The van der Waals surface area contributed by atoms with Gasteiger partial charge >= 0.3 is 0 Å². The van der Waals surface area contributed by atoms with Crippen LogP contribution in [-0.2, 0) is 11.4 Å². The number of benzene rings is 1. The third-order valence-corrected chi connectivity index (χ3v) is 5.49. The van der Waals surface area contributed by atoms with Crippen LogP contribution in [0.1, 0.15) is 50.8 Å². The fourth-order valence-electron chi connectivity index (χ4n) is 3.03. The van der Waals surface area contributed by atoms with Crippen LogP contribution in [0, 0.1) is 0 Å². The Balaban J connectivity index is 1.39. The Morgan fingerprint density at radius 3 is 2.59 bits per heavy atom. The smallest absolute Gasteiger partial charge is 0.277 e. The molecule has 1 saturated carbocycles. The summed E-state index contributed by atoms with van der Waals surface area (Å²) in [6, 6.07) is 7.34. The van der Waals surface area contributed by atoms with Crippen molar-refractivity contribution in [3.8, 4) is 5.75 Å². The van der Waals surface area contributed by atoms with Crippen molar-refractivity contribution in [2.75, 3.05) is 5.75 Å². The summed E-state index contributed by atoms with van der Waals surface area (Å²) in [5.41, 5.74) is 0. The van der Waals surface area contributed by atoms with Crippen LogP contribution >= 0.6 is 23.4 Å². The standard InChI is InChI=1S/C19H24ClN3O3S/c20-14-8-10-16(11-9-14)25-12-18-22-23-19(26-18)27-13-17(24)21-15-6-4-2-1-3-5-7-15/h8-11,15H,1-7,12-13H2,(H,21,24). The molecule has 0 radical (unpaired) electrons. The van der Waals surface area contributed by atoms with Gasteiger partial charge < -0.3 is 14.5 Å². The Bertz CT molecular complexity index is 715. The highest BCUT2D eigenvalue weighted by atomic mass is 35.5. The van der Waals surface area contributed by atoms with Crippen molar-refractivity contribution in [2.24, 2.45) is 0 Å². The van der Waals surface area contributed by atoms with Crippen molar-refractivity contribution in [2.45, 2.75) is 62.8 Å². The first-order valence-electron chi connectivity index (χ1n) is 9.32. The zero-order valence-corrected chi connectivity index (χ0v) is 16.7. The molecule has 146 valence electrons. The normalized spacial score (nSPS) is 15.7. The molecule has 0 aliphatic heterocycles. The van der Waals surface area contributed by atoms with Gasteiger partial charge in [-0.3, -0.25) is 4.79 Å². The number of rotatable bonds is 7. The Morgan fingerprint density at radius 2 is 1.85 bits per heavy atom. The van der Waals surface area contributed by atoms with Crippen molar-refractivity contribution in [1.82, 2.24) is 15.5 Å². The van der Waals surface area contributed by atoms with Crippen LogP contribution in [0.5, 0.6) is 5.75 Å². The second-order valence-electron chi connectivity index (χ2n) is 6.60. The highest BCUT2D eigenvalue weighted by molar-refractivity contribution is 7.99. The quantitative estimate of drug-likeness (QED) is 0.672. The lowest BCUT2D eigenvalue weighted by molar-refractivity contribution is -0.119. The molecule has 0 spiro atoms. The summed E-state index contributed by atoms with van der Waals surface area (Å²) in [7, 11) is 0. The largest absolute Gasteiger partial charge is 0.484 e. The molecule has 3 rings (SSSR count). The molecule has 1 amide bonds. The van der Waals surface area contributed by atoms with E-state index in [0.29, 0.717) is 27.9 Å². The number of nitrogens with one attached hydrogen (secondary N) is 1. The Hall–Kier alpha value is -1.73.